The van der Waals surface area contributed by atoms with Crippen LogP contribution in [0.15, 0.2) is 44.0 Å². The van der Waals surface area contributed by atoms with Gasteiger partial charge in [0.15, 0.2) is 5.13 Å². The Morgan fingerprint density at radius 3 is 2.75 bits per heavy atom. The molecule has 0 spiro atoms. The summed E-state index contributed by atoms with van der Waals surface area (Å²) in [6, 6.07) is 7.94. The number of amides is 1. The standard InChI is InChI=1S/C14H7Br2N3O3S2/c15-9-5-11(24-12(9)16)13(20)18-14-17-10(6-23-14)7-2-1-3-8(4-7)19(21)22/h1-6H,(H,17,18,20). The third-order valence-corrected chi connectivity index (χ3v) is 6.96. The highest BCUT2D eigenvalue weighted by Gasteiger charge is 2.15. The lowest BCUT2D eigenvalue weighted by atomic mass is 10.1. The Labute approximate surface area is 161 Å². The SMILES string of the molecule is O=C(Nc1nc(-c2cccc([N+](=O)[O-])c2)cs1)c1cc(Br)c(Br)s1. The highest BCUT2D eigenvalue weighted by molar-refractivity contribution is 9.13. The summed E-state index contributed by atoms with van der Waals surface area (Å²) < 4.78 is 1.65. The first-order valence-electron chi connectivity index (χ1n) is 6.40. The van der Waals surface area contributed by atoms with Crippen LogP contribution in [0.3, 0.4) is 0 Å². The van der Waals surface area contributed by atoms with Crippen molar-refractivity contribution in [2.75, 3.05) is 5.32 Å². The van der Waals surface area contributed by atoms with E-state index in [1.54, 1.807) is 23.6 Å². The Balaban J connectivity index is 1.79. The van der Waals surface area contributed by atoms with E-state index in [1.807, 2.05) is 0 Å². The number of nitro groups is 1. The second-order valence-electron chi connectivity index (χ2n) is 4.53. The number of thiophene rings is 1. The minimum Gasteiger partial charge on any atom is -0.297 e. The summed E-state index contributed by atoms with van der Waals surface area (Å²) in [7, 11) is 0. The molecular weight excluding hydrogens is 482 g/mol. The summed E-state index contributed by atoms with van der Waals surface area (Å²) in [6.45, 7) is 0. The average Bonchev–Trinajstić information content (AvgIpc) is 3.15. The molecule has 10 heteroatoms. The summed E-state index contributed by atoms with van der Waals surface area (Å²) >= 11 is 9.26. The van der Waals surface area contributed by atoms with Crippen molar-refractivity contribution in [2.24, 2.45) is 0 Å². The number of hydrogen-bond donors (Lipinski definition) is 1. The third-order valence-electron chi connectivity index (χ3n) is 2.95. The first kappa shape index (κ1) is 17.2. The summed E-state index contributed by atoms with van der Waals surface area (Å²) in [6.07, 6.45) is 0. The number of aromatic nitrogens is 1. The van der Waals surface area contributed by atoms with Gasteiger partial charge in [0.05, 0.1) is 19.3 Å². The number of nitrogens with zero attached hydrogens (tertiary/aromatic N) is 2. The van der Waals surface area contributed by atoms with Crippen molar-refractivity contribution in [1.82, 2.24) is 4.98 Å². The quantitative estimate of drug-likeness (QED) is 0.385. The van der Waals surface area contributed by atoms with Gasteiger partial charge in [0.2, 0.25) is 0 Å². The first-order valence-corrected chi connectivity index (χ1v) is 9.69. The second kappa shape index (κ2) is 7.09. The van der Waals surface area contributed by atoms with E-state index >= 15 is 0 Å². The van der Waals surface area contributed by atoms with Crippen molar-refractivity contribution >= 4 is 71.3 Å². The Morgan fingerprint density at radius 1 is 1.29 bits per heavy atom. The number of benzene rings is 1. The van der Waals surface area contributed by atoms with E-state index in [0.29, 0.717) is 21.3 Å². The molecule has 1 N–H and O–H groups in total. The minimum atomic E-state index is -0.453. The van der Waals surface area contributed by atoms with Crippen molar-refractivity contribution in [3.8, 4) is 11.3 Å². The summed E-state index contributed by atoms with van der Waals surface area (Å²) in [5.41, 5.74) is 1.20. The van der Waals surface area contributed by atoms with Crippen LogP contribution in [0.1, 0.15) is 9.67 Å². The number of halogens is 2. The monoisotopic (exact) mass is 487 g/mol. The van der Waals surface area contributed by atoms with Crippen LogP contribution in [0.25, 0.3) is 11.3 Å². The predicted octanol–water partition coefficient (Wildman–Crippen LogP) is 5.56. The van der Waals surface area contributed by atoms with Gasteiger partial charge < -0.3 is 0 Å². The van der Waals surface area contributed by atoms with Gasteiger partial charge in [0.1, 0.15) is 0 Å². The van der Waals surface area contributed by atoms with E-state index < -0.39 is 4.92 Å². The summed E-state index contributed by atoms with van der Waals surface area (Å²) in [5.74, 6) is -0.258. The molecule has 2 aromatic heterocycles. The van der Waals surface area contributed by atoms with Crippen LogP contribution in [0.4, 0.5) is 10.8 Å². The molecule has 0 aliphatic rings. The number of thiazole rings is 1. The molecular formula is C14H7Br2N3O3S2. The van der Waals surface area contributed by atoms with Crippen molar-refractivity contribution in [1.29, 1.82) is 0 Å². The molecule has 3 aromatic rings. The van der Waals surface area contributed by atoms with Crippen molar-refractivity contribution < 1.29 is 9.72 Å². The van der Waals surface area contributed by atoms with Crippen LogP contribution in [0.5, 0.6) is 0 Å². The minimum absolute atomic E-state index is 0.000582. The first-order chi connectivity index (χ1) is 11.4. The molecule has 0 aliphatic heterocycles. The van der Waals surface area contributed by atoms with Gasteiger partial charge in [-0.2, -0.15) is 0 Å². The molecule has 0 atom stereocenters. The van der Waals surface area contributed by atoms with Gasteiger partial charge in [0.25, 0.3) is 11.6 Å². The van der Waals surface area contributed by atoms with Crippen LogP contribution in [-0.2, 0) is 0 Å². The molecule has 0 bridgehead atoms. The highest BCUT2D eigenvalue weighted by atomic mass is 79.9. The summed E-state index contributed by atoms with van der Waals surface area (Å²) in [5, 5.41) is 15.8. The number of hydrogen-bond acceptors (Lipinski definition) is 6. The van der Waals surface area contributed by atoms with Gasteiger partial charge in [-0.1, -0.05) is 12.1 Å². The molecule has 0 radical (unpaired) electrons. The van der Waals surface area contributed by atoms with E-state index in [0.717, 1.165) is 8.26 Å². The molecule has 1 aromatic carbocycles. The Hall–Kier alpha value is -1.62. The van der Waals surface area contributed by atoms with Crippen LogP contribution in [0, 0.1) is 10.1 Å². The lowest BCUT2D eigenvalue weighted by Gasteiger charge is -1.99. The van der Waals surface area contributed by atoms with Crippen molar-refractivity contribution in [3.05, 3.63) is 59.0 Å². The molecule has 2 heterocycles. The van der Waals surface area contributed by atoms with Crippen LogP contribution < -0.4 is 5.32 Å². The Kier molecular flexibility index (Phi) is 5.09. The molecule has 3 rings (SSSR count). The van der Waals surface area contributed by atoms with Gasteiger partial charge in [0, 0.05) is 27.5 Å². The maximum atomic E-state index is 12.2. The largest absolute Gasteiger partial charge is 0.297 e. The summed E-state index contributed by atoms with van der Waals surface area (Å²) in [4.78, 5) is 27.5. The molecule has 0 fully saturated rings. The normalized spacial score (nSPS) is 10.6. The number of rotatable bonds is 4. The fourth-order valence-electron chi connectivity index (χ4n) is 1.86. The van der Waals surface area contributed by atoms with Gasteiger partial charge >= 0.3 is 0 Å². The third kappa shape index (κ3) is 3.72. The molecule has 0 unspecified atom stereocenters. The van der Waals surface area contributed by atoms with Gasteiger partial charge in [-0.15, -0.1) is 22.7 Å². The van der Waals surface area contributed by atoms with E-state index in [-0.39, 0.29) is 11.6 Å². The fourth-order valence-corrected chi connectivity index (χ4v) is 4.51. The lowest BCUT2D eigenvalue weighted by molar-refractivity contribution is -0.384. The van der Waals surface area contributed by atoms with Crippen molar-refractivity contribution in [2.45, 2.75) is 0 Å². The Morgan fingerprint density at radius 2 is 2.08 bits per heavy atom. The van der Waals surface area contributed by atoms with Gasteiger partial charge in [-0.25, -0.2) is 4.98 Å². The van der Waals surface area contributed by atoms with E-state index in [4.69, 9.17) is 0 Å². The van der Waals surface area contributed by atoms with E-state index in [2.05, 4.69) is 42.2 Å². The second-order valence-corrected chi connectivity index (χ2v) is 8.61. The zero-order valence-corrected chi connectivity index (χ0v) is 16.5. The van der Waals surface area contributed by atoms with E-state index in [1.165, 1.54) is 34.8 Å². The molecule has 0 aliphatic carbocycles. The number of carbonyl (C=O) groups excluding carboxylic acids is 1. The topological polar surface area (TPSA) is 85.1 Å². The van der Waals surface area contributed by atoms with Gasteiger partial charge in [-0.3, -0.25) is 20.2 Å². The smallest absolute Gasteiger partial charge is 0.270 e. The van der Waals surface area contributed by atoms with Crippen LogP contribution in [0.2, 0.25) is 0 Å². The maximum absolute atomic E-state index is 12.2. The predicted molar refractivity (Wildman–Crippen MR) is 102 cm³/mol. The van der Waals surface area contributed by atoms with E-state index in [9.17, 15) is 14.9 Å². The molecule has 24 heavy (non-hydrogen) atoms. The fraction of sp³-hybridized carbons (Fsp3) is 0. The lowest BCUT2D eigenvalue weighted by Crippen LogP contribution is -2.09. The Bertz CT molecular complexity index is 920. The molecule has 0 saturated carbocycles. The van der Waals surface area contributed by atoms with Crippen molar-refractivity contribution in [3.63, 3.8) is 0 Å². The number of non-ortho nitro benzene ring substituents is 1. The number of anilines is 1. The molecule has 122 valence electrons. The maximum Gasteiger partial charge on any atom is 0.270 e. The average molecular weight is 489 g/mol. The molecule has 6 nitrogen and oxygen atoms in total. The van der Waals surface area contributed by atoms with Gasteiger partial charge in [-0.05, 0) is 37.9 Å². The number of carbonyl (C=O) groups is 1. The zero-order chi connectivity index (χ0) is 17.3. The molecule has 0 saturated heterocycles. The number of nitrogens with one attached hydrogen (secondary N) is 1. The zero-order valence-electron chi connectivity index (χ0n) is 11.7. The number of nitro benzene ring substituents is 1. The van der Waals surface area contributed by atoms with Crippen LogP contribution in [-0.4, -0.2) is 15.8 Å². The van der Waals surface area contributed by atoms with Crippen LogP contribution >= 0.6 is 54.5 Å². The highest BCUT2D eigenvalue weighted by Crippen LogP contribution is 2.33. The molecule has 1 amide bonds.